The molecule has 3 rings (SSSR count). The van der Waals surface area contributed by atoms with Crippen molar-refractivity contribution in [2.45, 2.75) is 38.3 Å². The molecule has 2 aliphatic rings. The van der Waals surface area contributed by atoms with E-state index in [-0.39, 0.29) is 18.5 Å². The average Bonchev–Trinajstić information content (AvgIpc) is 3.05. The molecule has 0 radical (unpaired) electrons. The summed E-state index contributed by atoms with van der Waals surface area (Å²) >= 11 is 0. The number of hydrogen-bond donors (Lipinski definition) is 0. The Kier molecular flexibility index (Phi) is 3.92. The van der Waals surface area contributed by atoms with E-state index < -0.39 is 12.1 Å². The van der Waals surface area contributed by atoms with Crippen molar-refractivity contribution in [3.63, 3.8) is 0 Å². The molecule has 0 saturated carbocycles. The SMILES string of the molecule is CCCc1ccccc1OC(=O)N1CC[C@H]2OCC(=O)[C@H]21. The van der Waals surface area contributed by atoms with Crippen LogP contribution in [0.1, 0.15) is 25.3 Å². The number of carbonyl (C=O) groups excluding carboxylic acids is 2. The van der Waals surface area contributed by atoms with Gasteiger partial charge in [0.05, 0.1) is 6.10 Å². The normalized spacial score (nSPS) is 24.2. The van der Waals surface area contributed by atoms with Crippen molar-refractivity contribution in [1.82, 2.24) is 4.90 Å². The van der Waals surface area contributed by atoms with Crippen LogP contribution in [0.4, 0.5) is 4.79 Å². The molecule has 1 amide bonds. The number of fused-ring (bicyclic) bond motifs is 1. The van der Waals surface area contributed by atoms with Crippen molar-refractivity contribution in [2.75, 3.05) is 13.2 Å². The van der Waals surface area contributed by atoms with Gasteiger partial charge in [0.15, 0.2) is 5.78 Å². The molecule has 2 atom stereocenters. The summed E-state index contributed by atoms with van der Waals surface area (Å²) < 4.78 is 10.9. The Morgan fingerprint density at radius 3 is 3.05 bits per heavy atom. The van der Waals surface area contributed by atoms with Crippen LogP contribution < -0.4 is 4.74 Å². The third-order valence-electron chi connectivity index (χ3n) is 4.04. The van der Waals surface area contributed by atoms with Crippen molar-refractivity contribution < 1.29 is 19.1 Å². The number of ether oxygens (including phenoxy) is 2. The van der Waals surface area contributed by atoms with Crippen molar-refractivity contribution in [1.29, 1.82) is 0 Å². The molecule has 0 unspecified atom stereocenters. The average molecular weight is 289 g/mol. The third-order valence-corrected chi connectivity index (χ3v) is 4.04. The van der Waals surface area contributed by atoms with Crippen LogP contribution in [0.15, 0.2) is 24.3 Å². The van der Waals surface area contributed by atoms with E-state index in [4.69, 9.17) is 9.47 Å². The van der Waals surface area contributed by atoms with Gasteiger partial charge in [0.25, 0.3) is 0 Å². The summed E-state index contributed by atoms with van der Waals surface area (Å²) in [5.74, 6) is 0.551. The molecule has 2 heterocycles. The fraction of sp³-hybridized carbons (Fsp3) is 0.500. The first kappa shape index (κ1) is 14.1. The maximum absolute atomic E-state index is 12.4. The van der Waals surface area contributed by atoms with Gasteiger partial charge in [-0.2, -0.15) is 0 Å². The second kappa shape index (κ2) is 5.85. The predicted molar refractivity (Wildman–Crippen MR) is 76.3 cm³/mol. The van der Waals surface area contributed by atoms with Crippen LogP contribution in [-0.4, -0.2) is 42.1 Å². The van der Waals surface area contributed by atoms with E-state index in [1.165, 1.54) is 4.90 Å². The van der Waals surface area contributed by atoms with E-state index in [1.54, 1.807) is 6.07 Å². The van der Waals surface area contributed by atoms with Gasteiger partial charge in [0.2, 0.25) is 0 Å². The van der Waals surface area contributed by atoms with Gasteiger partial charge in [-0.1, -0.05) is 31.5 Å². The molecular formula is C16H19NO4. The van der Waals surface area contributed by atoms with Crippen LogP contribution in [0.3, 0.4) is 0 Å². The van der Waals surface area contributed by atoms with E-state index in [1.807, 2.05) is 18.2 Å². The number of benzene rings is 1. The number of Topliss-reactive ketones (excluding diaryl/α,β-unsaturated/α-hetero) is 1. The third kappa shape index (κ3) is 2.65. The number of nitrogens with zero attached hydrogens (tertiary/aromatic N) is 1. The minimum absolute atomic E-state index is 0.0312. The highest BCUT2D eigenvalue weighted by Gasteiger charge is 2.47. The maximum atomic E-state index is 12.4. The zero-order valence-corrected chi connectivity index (χ0v) is 12.1. The molecule has 2 saturated heterocycles. The Morgan fingerprint density at radius 1 is 1.43 bits per heavy atom. The van der Waals surface area contributed by atoms with Crippen molar-refractivity contribution in [2.24, 2.45) is 0 Å². The topological polar surface area (TPSA) is 55.8 Å². The Labute approximate surface area is 123 Å². The fourth-order valence-electron chi connectivity index (χ4n) is 3.03. The summed E-state index contributed by atoms with van der Waals surface area (Å²) in [7, 11) is 0. The number of rotatable bonds is 3. The number of amides is 1. The highest BCUT2D eigenvalue weighted by Crippen LogP contribution is 2.28. The molecule has 1 aromatic rings. The highest BCUT2D eigenvalue weighted by atomic mass is 16.6. The first-order chi connectivity index (χ1) is 10.2. The van der Waals surface area contributed by atoms with Crippen molar-refractivity contribution >= 4 is 11.9 Å². The lowest BCUT2D eigenvalue weighted by atomic mass is 10.1. The maximum Gasteiger partial charge on any atom is 0.415 e. The van der Waals surface area contributed by atoms with Crippen LogP contribution >= 0.6 is 0 Å². The zero-order chi connectivity index (χ0) is 14.8. The summed E-state index contributed by atoms with van der Waals surface area (Å²) in [4.78, 5) is 25.7. The van der Waals surface area contributed by atoms with Gasteiger partial charge >= 0.3 is 6.09 Å². The van der Waals surface area contributed by atoms with E-state index in [0.29, 0.717) is 18.7 Å². The molecule has 0 bridgehead atoms. The van der Waals surface area contributed by atoms with Crippen molar-refractivity contribution in [3.05, 3.63) is 29.8 Å². The van der Waals surface area contributed by atoms with Gasteiger partial charge in [-0.15, -0.1) is 0 Å². The first-order valence-electron chi connectivity index (χ1n) is 7.41. The standard InChI is InChI=1S/C16H19NO4/c1-2-5-11-6-3-4-7-13(11)21-16(19)17-9-8-14-15(17)12(18)10-20-14/h3-4,6-7,14-15H,2,5,8-10H2,1H3/t14-,15-/m1/s1. The summed E-state index contributed by atoms with van der Waals surface area (Å²) in [6.45, 7) is 2.69. The smallest absolute Gasteiger partial charge is 0.410 e. The van der Waals surface area contributed by atoms with Gasteiger partial charge in [0, 0.05) is 6.54 Å². The summed E-state index contributed by atoms with van der Waals surface area (Å²) in [5, 5.41) is 0. The molecule has 0 spiro atoms. The molecule has 0 aromatic heterocycles. The second-order valence-electron chi connectivity index (χ2n) is 5.47. The molecule has 2 fully saturated rings. The molecule has 2 aliphatic heterocycles. The van der Waals surface area contributed by atoms with Gasteiger partial charge in [-0.25, -0.2) is 4.79 Å². The monoisotopic (exact) mass is 289 g/mol. The van der Waals surface area contributed by atoms with E-state index in [2.05, 4.69) is 6.92 Å². The van der Waals surface area contributed by atoms with Gasteiger partial charge < -0.3 is 9.47 Å². The van der Waals surface area contributed by atoms with Crippen LogP contribution in [0.2, 0.25) is 0 Å². The van der Waals surface area contributed by atoms with Gasteiger partial charge in [0.1, 0.15) is 18.4 Å². The van der Waals surface area contributed by atoms with Crippen LogP contribution in [0.5, 0.6) is 5.75 Å². The Balaban J connectivity index is 1.73. The summed E-state index contributed by atoms with van der Waals surface area (Å²) in [6, 6.07) is 7.07. The molecular weight excluding hydrogens is 270 g/mol. The highest BCUT2D eigenvalue weighted by molar-refractivity contribution is 5.91. The molecule has 5 heteroatoms. The van der Waals surface area contributed by atoms with Gasteiger partial charge in [-0.3, -0.25) is 9.69 Å². The molecule has 112 valence electrons. The Morgan fingerprint density at radius 2 is 2.24 bits per heavy atom. The quantitative estimate of drug-likeness (QED) is 0.856. The lowest BCUT2D eigenvalue weighted by Crippen LogP contribution is -2.43. The van der Waals surface area contributed by atoms with Gasteiger partial charge in [-0.05, 0) is 24.5 Å². The molecule has 5 nitrogen and oxygen atoms in total. The van der Waals surface area contributed by atoms with Crippen LogP contribution in [0, 0.1) is 0 Å². The molecule has 21 heavy (non-hydrogen) atoms. The molecule has 1 aromatic carbocycles. The molecule has 0 aliphatic carbocycles. The lowest BCUT2D eigenvalue weighted by Gasteiger charge is -2.21. The summed E-state index contributed by atoms with van der Waals surface area (Å²) in [6.07, 6.45) is 1.93. The van der Waals surface area contributed by atoms with E-state index in [9.17, 15) is 9.59 Å². The zero-order valence-electron chi connectivity index (χ0n) is 12.1. The van der Waals surface area contributed by atoms with Crippen LogP contribution in [-0.2, 0) is 16.0 Å². The van der Waals surface area contributed by atoms with Crippen LogP contribution in [0.25, 0.3) is 0 Å². The second-order valence-corrected chi connectivity index (χ2v) is 5.47. The number of likely N-dealkylation sites (tertiary alicyclic amines) is 1. The summed E-state index contributed by atoms with van der Waals surface area (Å²) in [5.41, 5.74) is 1.01. The number of ketones is 1. The lowest BCUT2D eigenvalue weighted by molar-refractivity contribution is -0.120. The Bertz CT molecular complexity index is 557. The minimum Gasteiger partial charge on any atom is -0.410 e. The largest absolute Gasteiger partial charge is 0.415 e. The first-order valence-corrected chi connectivity index (χ1v) is 7.41. The van der Waals surface area contributed by atoms with Crippen molar-refractivity contribution in [3.8, 4) is 5.75 Å². The number of carbonyl (C=O) groups is 2. The minimum atomic E-state index is -0.462. The van der Waals surface area contributed by atoms with E-state index >= 15 is 0 Å². The van der Waals surface area contributed by atoms with E-state index in [0.717, 1.165) is 18.4 Å². The number of aryl methyl sites for hydroxylation is 1. The fourth-order valence-corrected chi connectivity index (χ4v) is 3.03. The predicted octanol–water partition coefficient (Wildman–Crippen LogP) is 2.18. The molecule has 0 N–H and O–H groups in total. The number of hydrogen-bond acceptors (Lipinski definition) is 4. The Hall–Kier alpha value is -1.88. The number of para-hydroxylation sites is 1.